The molecule has 1 N–H and O–H groups in total. The molecule has 0 rings (SSSR count). The first-order valence-electron chi connectivity index (χ1n) is 3.91. The number of esters is 1. The topological polar surface area (TPSA) is 67.8 Å². The van der Waals surface area contributed by atoms with Crippen molar-refractivity contribution in [3.63, 3.8) is 0 Å². The van der Waals surface area contributed by atoms with E-state index < -0.39 is 12.0 Å². The fourth-order valence-corrected chi connectivity index (χ4v) is 0.657. The first-order chi connectivity index (χ1) is 6.11. The van der Waals surface area contributed by atoms with Crippen LogP contribution in [0, 0.1) is 4.91 Å². The smallest absolute Gasteiger partial charge is 0.333 e. The van der Waals surface area contributed by atoms with Gasteiger partial charge in [-0.3, -0.25) is 0 Å². The van der Waals surface area contributed by atoms with Gasteiger partial charge in [0.15, 0.2) is 0 Å². The Balaban J connectivity index is 3.77. The lowest BCUT2D eigenvalue weighted by Crippen LogP contribution is -2.27. The van der Waals surface area contributed by atoms with Gasteiger partial charge in [-0.25, -0.2) is 4.79 Å². The first kappa shape index (κ1) is 11.8. The third-order valence-electron chi connectivity index (χ3n) is 1.34. The fraction of sp³-hybridized carbons (Fsp3) is 0.625. The molecule has 0 amide bonds. The highest BCUT2D eigenvalue weighted by molar-refractivity contribution is 5.86. The summed E-state index contributed by atoms with van der Waals surface area (Å²) in [5, 5.41) is 5.55. The van der Waals surface area contributed by atoms with Crippen LogP contribution < -0.4 is 5.32 Å². The summed E-state index contributed by atoms with van der Waals surface area (Å²) in [7, 11) is 1.69. The zero-order chi connectivity index (χ0) is 10.3. The number of ether oxygens (including phenoxy) is 1. The maximum Gasteiger partial charge on any atom is 0.333 e. The minimum Gasteiger partial charge on any atom is -0.460 e. The maximum absolute atomic E-state index is 10.9. The molecule has 0 heterocycles. The molecule has 0 saturated heterocycles. The largest absolute Gasteiger partial charge is 0.460 e. The minimum atomic E-state index is -0.534. The van der Waals surface area contributed by atoms with Crippen molar-refractivity contribution < 1.29 is 9.53 Å². The van der Waals surface area contributed by atoms with Crippen molar-refractivity contribution in [2.24, 2.45) is 5.18 Å². The van der Waals surface area contributed by atoms with Crippen molar-refractivity contribution in [1.82, 2.24) is 5.32 Å². The SMILES string of the molecule is C=C(C)C(=O)OCC(CNC)N=O. The van der Waals surface area contributed by atoms with E-state index in [1.165, 1.54) is 0 Å². The van der Waals surface area contributed by atoms with Gasteiger partial charge < -0.3 is 10.1 Å². The predicted octanol–water partition coefficient (Wildman–Crippen LogP) is 0.460. The van der Waals surface area contributed by atoms with Crippen LogP contribution >= 0.6 is 0 Å². The van der Waals surface area contributed by atoms with E-state index in [0.717, 1.165) is 0 Å². The predicted molar refractivity (Wildman–Crippen MR) is 49.3 cm³/mol. The summed E-state index contributed by atoms with van der Waals surface area (Å²) < 4.78 is 4.74. The number of nitrogens with zero attached hydrogens (tertiary/aromatic N) is 1. The monoisotopic (exact) mass is 186 g/mol. The lowest BCUT2D eigenvalue weighted by atomic mass is 10.3. The normalized spacial score (nSPS) is 11.8. The Bertz CT molecular complexity index is 204. The van der Waals surface area contributed by atoms with E-state index in [1.807, 2.05) is 0 Å². The number of carbonyl (C=O) groups is 1. The van der Waals surface area contributed by atoms with Crippen molar-refractivity contribution in [3.8, 4) is 0 Å². The standard InChI is InChI=1S/C8H14N2O3/c1-6(2)8(11)13-5-7(10-12)4-9-3/h7,9H,1,4-5H2,2-3H3. The molecular formula is C8H14N2O3. The number of hydrogen-bond acceptors (Lipinski definition) is 5. The molecule has 0 aliphatic heterocycles. The summed E-state index contributed by atoms with van der Waals surface area (Å²) in [6, 6.07) is -0.534. The molecule has 1 unspecified atom stereocenters. The zero-order valence-electron chi connectivity index (χ0n) is 7.87. The van der Waals surface area contributed by atoms with Crippen LogP contribution in [0.2, 0.25) is 0 Å². The molecule has 0 spiro atoms. The average Bonchev–Trinajstić information content (AvgIpc) is 2.11. The number of likely N-dealkylation sites (N-methyl/N-ethyl adjacent to an activating group) is 1. The number of hydrogen-bond donors (Lipinski definition) is 1. The third-order valence-corrected chi connectivity index (χ3v) is 1.34. The molecule has 0 aromatic carbocycles. The number of nitrogens with one attached hydrogen (secondary N) is 1. The molecule has 0 aliphatic carbocycles. The number of carbonyl (C=O) groups excluding carboxylic acids is 1. The van der Waals surface area contributed by atoms with Crippen molar-refractivity contribution >= 4 is 5.97 Å². The zero-order valence-corrected chi connectivity index (χ0v) is 7.87. The molecular weight excluding hydrogens is 172 g/mol. The highest BCUT2D eigenvalue weighted by atomic mass is 16.5. The van der Waals surface area contributed by atoms with E-state index in [-0.39, 0.29) is 6.61 Å². The molecule has 5 nitrogen and oxygen atoms in total. The van der Waals surface area contributed by atoms with Crippen LogP contribution in [0.15, 0.2) is 17.3 Å². The second-order valence-corrected chi connectivity index (χ2v) is 2.70. The molecule has 13 heavy (non-hydrogen) atoms. The van der Waals surface area contributed by atoms with E-state index in [9.17, 15) is 9.70 Å². The van der Waals surface area contributed by atoms with E-state index in [1.54, 1.807) is 14.0 Å². The van der Waals surface area contributed by atoms with Crippen molar-refractivity contribution in [2.45, 2.75) is 13.0 Å². The van der Waals surface area contributed by atoms with Crippen LogP contribution in [0.5, 0.6) is 0 Å². The summed E-state index contributed by atoms with van der Waals surface area (Å²) in [6.07, 6.45) is 0. The Morgan fingerprint density at radius 1 is 1.69 bits per heavy atom. The Hall–Kier alpha value is -1.23. The van der Waals surface area contributed by atoms with Gasteiger partial charge in [-0.1, -0.05) is 11.8 Å². The van der Waals surface area contributed by atoms with Gasteiger partial charge in [-0.2, -0.15) is 4.91 Å². The maximum atomic E-state index is 10.9. The lowest BCUT2D eigenvalue weighted by molar-refractivity contribution is -0.139. The lowest BCUT2D eigenvalue weighted by Gasteiger charge is -2.08. The quantitative estimate of drug-likeness (QED) is 0.372. The summed E-state index contributed by atoms with van der Waals surface area (Å²) in [5.41, 5.74) is 0.314. The molecule has 0 aromatic heterocycles. The summed E-state index contributed by atoms with van der Waals surface area (Å²) in [5.74, 6) is -0.496. The molecule has 0 aromatic rings. The van der Waals surface area contributed by atoms with Gasteiger partial charge in [0.1, 0.15) is 12.6 Å². The molecule has 0 radical (unpaired) electrons. The molecule has 0 saturated carbocycles. The van der Waals surface area contributed by atoms with E-state index in [2.05, 4.69) is 17.1 Å². The van der Waals surface area contributed by atoms with E-state index in [4.69, 9.17) is 4.74 Å². The summed E-state index contributed by atoms with van der Waals surface area (Å²) >= 11 is 0. The molecule has 74 valence electrons. The van der Waals surface area contributed by atoms with Gasteiger partial charge in [0, 0.05) is 12.1 Å². The van der Waals surface area contributed by atoms with Crippen LogP contribution in [0.1, 0.15) is 6.92 Å². The van der Waals surface area contributed by atoms with Gasteiger partial charge in [-0.15, -0.1) is 0 Å². The van der Waals surface area contributed by atoms with Crippen molar-refractivity contribution in [2.75, 3.05) is 20.2 Å². The van der Waals surface area contributed by atoms with Crippen LogP contribution in [0.4, 0.5) is 0 Å². The van der Waals surface area contributed by atoms with Gasteiger partial charge in [-0.05, 0) is 14.0 Å². The van der Waals surface area contributed by atoms with Gasteiger partial charge in [0.25, 0.3) is 0 Å². The second-order valence-electron chi connectivity index (χ2n) is 2.70. The van der Waals surface area contributed by atoms with Gasteiger partial charge in [0.05, 0.1) is 0 Å². The molecule has 5 heteroatoms. The number of rotatable bonds is 6. The first-order valence-corrected chi connectivity index (χ1v) is 3.91. The summed E-state index contributed by atoms with van der Waals surface area (Å²) in [4.78, 5) is 21.1. The van der Waals surface area contributed by atoms with E-state index >= 15 is 0 Å². The second kappa shape index (κ2) is 6.30. The minimum absolute atomic E-state index is 0.00394. The van der Waals surface area contributed by atoms with Gasteiger partial charge in [0.2, 0.25) is 0 Å². The van der Waals surface area contributed by atoms with Crippen LogP contribution in [-0.4, -0.2) is 32.2 Å². The number of nitroso groups, excluding NO2 is 1. The van der Waals surface area contributed by atoms with Crippen molar-refractivity contribution in [3.05, 3.63) is 17.1 Å². The van der Waals surface area contributed by atoms with Gasteiger partial charge >= 0.3 is 5.97 Å². The Kier molecular flexibility index (Phi) is 5.71. The van der Waals surface area contributed by atoms with Crippen LogP contribution in [0.25, 0.3) is 0 Å². The van der Waals surface area contributed by atoms with Crippen LogP contribution in [0.3, 0.4) is 0 Å². The Morgan fingerprint density at radius 2 is 2.31 bits per heavy atom. The summed E-state index contributed by atoms with van der Waals surface area (Å²) in [6.45, 7) is 5.34. The molecule has 0 aliphatic rings. The molecule has 1 atom stereocenters. The molecule has 0 bridgehead atoms. The fourth-order valence-electron chi connectivity index (χ4n) is 0.657. The van der Waals surface area contributed by atoms with Crippen LogP contribution in [-0.2, 0) is 9.53 Å². The Labute approximate surface area is 77.1 Å². The third kappa shape index (κ3) is 5.08. The highest BCUT2D eigenvalue weighted by Gasteiger charge is 2.11. The average molecular weight is 186 g/mol. The highest BCUT2D eigenvalue weighted by Crippen LogP contribution is 1.96. The molecule has 0 fully saturated rings. The van der Waals surface area contributed by atoms with Crippen molar-refractivity contribution in [1.29, 1.82) is 0 Å². The Morgan fingerprint density at radius 3 is 2.69 bits per heavy atom. The van der Waals surface area contributed by atoms with E-state index in [0.29, 0.717) is 12.1 Å².